The molecular formula is C8H12F3NO. The van der Waals surface area contributed by atoms with E-state index in [2.05, 4.69) is 5.32 Å². The number of alkyl halides is 3. The number of nitrogens with one attached hydrogen (secondary N) is 1. The summed E-state index contributed by atoms with van der Waals surface area (Å²) in [6.07, 6.45) is -3.78. The lowest BCUT2D eigenvalue weighted by atomic mass is 10.0. The molecule has 0 spiro atoms. The molecule has 5 heteroatoms. The minimum absolute atomic E-state index is 0.0571. The van der Waals surface area contributed by atoms with Crippen molar-refractivity contribution in [1.29, 1.82) is 0 Å². The number of amides is 1. The maximum absolute atomic E-state index is 11.7. The number of hydrogen-bond acceptors (Lipinski definition) is 1. The number of rotatable bonds is 3. The largest absolute Gasteiger partial charge is 0.389 e. The summed E-state index contributed by atoms with van der Waals surface area (Å²) < 4.78 is 35.2. The van der Waals surface area contributed by atoms with Gasteiger partial charge in [-0.1, -0.05) is 0 Å². The first-order chi connectivity index (χ1) is 5.99. The van der Waals surface area contributed by atoms with Crippen molar-refractivity contribution in [3.05, 3.63) is 0 Å². The van der Waals surface area contributed by atoms with Crippen LogP contribution in [0.4, 0.5) is 13.2 Å². The molecule has 13 heavy (non-hydrogen) atoms. The van der Waals surface area contributed by atoms with Crippen molar-refractivity contribution in [1.82, 2.24) is 5.32 Å². The average Bonchev–Trinajstić information content (AvgIpc) is 2.34. The quantitative estimate of drug-likeness (QED) is 0.731. The SMILES string of the molecule is O=C1NCCC1CCCC(F)(F)F. The van der Waals surface area contributed by atoms with Crippen molar-refractivity contribution in [2.24, 2.45) is 5.92 Å². The van der Waals surface area contributed by atoms with E-state index in [-0.39, 0.29) is 18.2 Å². The first-order valence-electron chi connectivity index (χ1n) is 4.33. The van der Waals surface area contributed by atoms with Crippen LogP contribution in [0.1, 0.15) is 25.7 Å². The molecule has 1 saturated heterocycles. The summed E-state index contributed by atoms with van der Waals surface area (Å²) in [5.74, 6) is -0.287. The van der Waals surface area contributed by atoms with Gasteiger partial charge in [-0.15, -0.1) is 0 Å². The Balaban J connectivity index is 2.16. The Morgan fingerprint density at radius 3 is 2.62 bits per heavy atom. The van der Waals surface area contributed by atoms with Gasteiger partial charge in [0, 0.05) is 18.9 Å². The second-order valence-corrected chi connectivity index (χ2v) is 3.28. The first-order valence-corrected chi connectivity index (χ1v) is 4.33. The fraction of sp³-hybridized carbons (Fsp3) is 0.875. The zero-order chi connectivity index (χ0) is 9.90. The maximum atomic E-state index is 11.7. The molecule has 1 N–H and O–H groups in total. The lowest BCUT2D eigenvalue weighted by Crippen LogP contribution is -2.19. The van der Waals surface area contributed by atoms with Crippen LogP contribution in [-0.4, -0.2) is 18.6 Å². The van der Waals surface area contributed by atoms with Gasteiger partial charge in [0.2, 0.25) is 5.91 Å². The number of halogens is 3. The van der Waals surface area contributed by atoms with Gasteiger partial charge in [0.15, 0.2) is 0 Å². The monoisotopic (exact) mass is 195 g/mol. The van der Waals surface area contributed by atoms with Crippen LogP contribution in [0.15, 0.2) is 0 Å². The van der Waals surface area contributed by atoms with Crippen molar-refractivity contribution < 1.29 is 18.0 Å². The Kier molecular flexibility index (Phi) is 3.17. The van der Waals surface area contributed by atoms with Crippen molar-refractivity contribution in [3.63, 3.8) is 0 Å². The van der Waals surface area contributed by atoms with E-state index in [0.717, 1.165) is 0 Å². The molecule has 1 rings (SSSR count). The number of hydrogen-bond donors (Lipinski definition) is 1. The van der Waals surface area contributed by atoms with Crippen LogP contribution in [0, 0.1) is 5.92 Å². The highest BCUT2D eigenvalue weighted by Gasteiger charge is 2.29. The molecule has 0 aromatic heterocycles. The van der Waals surface area contributed by atoms with Crippen LogP contribution in [-0.2, 0) is 4.79 Å². The Labute approximate surface area is 74.5 Å². The fourth-order valence-corrected chi connectivity index (χ4v) is 1.47. The summed E-state index contributed by atoms with van der Waals surface area (Å²) in [5.41, 5.74) is 0. The van der Waals surface area contributed by atoms with Crippen LogP contribution in [0.3, 0.4) is 0 Å². The summed E-state index contributed by atoms with van der Waals surface area (Å²) in [4.78, 5) is 10.9. The number of carbonyl (C=O) groups excluding carboxylic acids is 1. The zero-order valence-corrected chi connectivity index (χ0v) is 7.16. The van der Waals surface area contributed by atoms with E-state index in [9.17, 15) is 18.0 Å². The molecular weight excluding hydrogens is 183 g/mol. The topological polar surface area (TPSA) is 29.1 Å². The Morgan fingerprint density at radius 1 is 1.46 bits per heavy atom. The molecule has 1 aliphatic rings. The van der Waals surface area contributed by atoms with E-state index in [1.165, 1.54) is 0 Å². The molecule has 76 valence electrons. The Morgan fingerprint density at radius 2 is 2.15 bits per heavy atom. The molecule has 1 amide bonds. The van der Waals surface area contributed by atoms with Gasteiger partial charge in [-0.25, -0.2) is 0 Å². The van der Waals surface area contributed by atoms with Gasteiger partial charge < -0.3 is 5.32 Å². The minimum Gasteiger partial charge on any atom is -0.356 e. The van der Waals surface area contributed by atoms with Crippen LogP contribution in [0.5, 0.6) is 0 Å². The lowest BCUT2D eigenvalue weighted by molar-refractivity contribution is -0.137. The molecule has 1 atom stereocenters. The van der Waals surface area contributed by atoms with Crippen LogP contribution in [0.25, 0.3) is 0 Å². The molecule has 1 heterocycles. The van der Waals surface area contributed by atoms with E-state index < -0.39 is 12.6 Å². The third-order valence-corrected chi connectivity index (χ3v) is 2.18. The third-order valence-electron chi connectivity index (χ3n) is 2.18. The highest BCUT2D eigenvalue weighted by molar-refractivity contribution is 5.80. The molecule has 0 bridgehead atoms. The molecule has 0 aromatic rings. The van der Waals surface area contributed by atoms with E-state index in [4.69, 9.17) is 0 Å². The van der Waals surface area contributed by atoms with E-state index >= 15 is 0 Å². The average molecular weight is 195 g/mol. The van der Waals surface area contributed by atoms with Gasteiger partial charge in [0.25, 0.3) is 0 Å². The predicted octanol–water partition coefficient (Wildman–Crippen LogP) is 1.86. The summed E-state index contributed by atoms with van der Waals surface area (Å²) in [5, 5.41) is 2.60. The standard InChI is InChI=1S/C8H12F3NO/c9-8(10,11)4-1-2-6-3-5-12-7(6)13/h6H,1-5H2,(H,12,13). The van der Waals surface area contributed by atoms with Crippen molar-refractivity contribution >= 4 is 5.91 Å². The third kappa shape index (κ3) is 3.65. The predicted molar refractivity (Wildman–Crippen MR) is 41.0 cm³/mol. The minimum atomic E-state index is -4.09. The molecule has 0 radical (unpaired) electrons. The van der Waals surface area contributed by atoms with Gasteiger partial charge >= 0.3 is 6.18 Å². The van der Waals surface area contributed by atoms with Crippen LogP contribution >= 0.6 is 0 Å². The summed E-state index contributed by atoms with van der Waals surface area (Å²) in [6, 6.07) is 0. The van der Waals surface area contributed by atoms with Crippen LogP contribution < -0.4 is 5.32 Å². The van der Waals surface area contributed by atoms with Gasteiger partial charge in [0.1, 0.15) is 0 Å². The summed E-state index contributed by atoms with van der Waals surface area (Å²) in [7, 11) is 0. The van der Waals surface area contributed by atoms with E-state index in [0.29, 0.717) is 19.4 Å². The van der Waals surface area contributed by atoms with Gasteiger partial charge in [-0.2, -0.15) is 13.2 Å². The summed E-state index contributed by atoms with van der Waals surface area (Å²) >= 11 is 0. The van der Waals surface area contributed by atoms with Gasteiger partial charge in [-0.3, -0.25) is 4.79 Å². The summed E-state index contributed by atoms with van der Waals surface area (Å²) in [6.45, 7) is 0.607. The molecule has 0 aliphatic carbocycles. The molecule has 1 unspecified atom stereocenters. The second kappa shape index (κ2) is 3.98. The number of carbonyl (C=O) groups is 1. The molecule has 0 saturated carbocycles. The van der Waals surface area contributed by atoms with Gasteiger partial charge in [-0.05, 0) is 19.3 Å². The Hall–Kier alpha value is -0.740. The molecule has 1 fully saturated rings. The van der Waals surface area contributed by atoms with Crippen LogP contribution in [0.2, 0.25) is 0 Å². The normalized spacial score (nSPS) is 23.3. The molecule has 2 nitrogen and oxygen atoms in total. The Bertz CT molecular complexity index is 190. The smallest absolute Gasteiger partial charge is 0.356 e. The van der Waals surface area contributed by atoms with E-state index in [1.54, 1.807) is 0 Å². The van der Waals surface area contributed by atoms with Crippen molar-refractivity contribution in [2.45, 2.75) is 31.9 Å². The van der Waals surface area contributed by atoms with Crippen molar-refractivity contribution in [3.8, 4) is 0 Å². The van der Waals surface area contributed by atoms with Gasteiger partial charge in [0.05, 0.1) is 0 Å². The van der Waals surface area contributed by atoms with E-state index in [1.807, 2.05) is 0 Å². The molecule has 1 aliphatic heterocycles. The second-order valence-electron chi connectivity index (χ2n) is 3.28. The zero-order valence-electron chi connectivity index (χ0n) is 7.16. The van der Waals surface area contributed by atoms with Crippen molar-refractivity contribution in [2.75, 3.05) is 6.54 Å². The fourth-order valence-electron chi connectivity index (χ4n) is 1.47. The first kappa shape index (κ1) is 10.3. The highest BCUT2D eigenvalue weighted by atomic mass is 19.4. The maximum Gasteiger partial charge on any atom is 0.389 e. The molecule has 0 aromatic carbocycles. The lowest BCUT2D eigenvalue weighted by Gasteiger charge is -2.08. The highest BCUT2D eigenvalue weighted by Crippen LogP contribution is 2.25.